The third kappa shape index (κ3) is 15.0. The van der Waals surface area contributed by atoms with Crippen LogP contribution in [-0.4, -0.2) is 92.7 Å². The van der Waals surface area contributed by atoms with E-state index < -0.39 is 97.9 Å². The van der Waals surface area contributed by atoms with Crippen molar-refractivity contribution in [2.75, 3.05) is 6.54 Å². The second kappa shape index (κ2) is 17.6. The molecule has 0 spiro atoms. The molecular weight excluding hydrogens is 498 g/mol. The van der Waals surface area contributed by atoms with Crippen LogP contribution in [0.2, 0.25) is 0 Å². The highest BCUT2D eigenvalue weighted by molar-refractivity contribution is 5.94. The second-order valence-corrected chi connectivity index (χ2v) is 8.21. The number of amides is 3. The fraction of sp³-hybridized carbons (Fsp3) is 0.667. The molecule has 0 aliphatic rings. The van der Waals surface area contributed by atoms with Crippen LogP contribution in [0.4, 0.5) is 0 Å². The zero-order chi connectivity index (χ0) is 28.5. The van der Waals surface area contributed by atoms with E-state index in [-0.39, 0.29) is 12.8 Å². The van der Waals surface area contributed by atoms with Crippen LogP contribution >= 0.6 is 0 Å². The van der Waals surface area contributed by atoms with E-state index in [0.29, 0.717) is 19.4 Å². The van der Waals surface area contributed by atoms with Gasteiger partial charge in [-0.3, -0.25) is 28.8 Å². The van der Waals surface area contributed by atoms with Crippen molar-refractivity contribution in [3.05, 3.63) is 0 Å². The predicted molar refractivity (Wildman–Crippen MR) is 125 cm³/mol. The number of nitrogens with two attached hydrogens (primary N) is 2. The lowest BCUT2D eigenvalue weighted by Crippen LogP contribution is -2.57. The standard InChI is InChI=1S/C21H35N5O11/c22-10-2-1-3-14(21(36)37)26-20(35)13(6-9-17(31)32)25-19(34)12(5-8-16(29)30)24-18(33)11(23)4-7-15(27)28/h11-14H,1-10,22-23H2,(H,24,33)(H,25,34)(H,26,35)(H,27,28)(H,29,30)(H,31,32)(H,36,37). The molecule has 3 amide bonds. The number of hydrogen-bond donors (Lipinski definition) is 9. The fourth-order valence-corrected chi connectivity index (χ4v) is 3.06. The molecule has 210 valence electrons. The first-order valence-electron chi connectivity index (χ1n) is 11.5. The summed E-state index contributed by atoms with van der Waals surface area (Å²) in [6.07, 6.45) is -1.80. The van der Waals surface area contributed by atoms with Gasteiger partial charge in [-0.1, -0.05) is 0 Å². The molecule has 0 saturated carbocycles. The molecule has 0 aromatic rings. The van der Waals surface area contributed by atoms with Crippen LogP contribution in [0.5, 0.6) is 0 Å². The van der Waals surface area contributed by atoms with E-state index in [9.17, 15) is 38.7 Å². The van der Waals surface area contributed by atoms with Gasteiger partial charge >= 0.3 is 23.9 Å². The van der Waals surface area contributed by atoms with Gasteiger partial charge < -0.3 is 47.8 Å². The van der Waals surface area contributed by atoms with Gasteiger partial charge in [-0.15, -0.1) is 0 Å². The van der Waals surface area contributed by atoms with E-state index in [1.165, 1.54) is 0 Å². The lowest BCUT2D eigenvalue weighted by atomic mass is 10.0. The van der Waals surface area contributed by atoms with Gasteiger partial charge in [-0.05, 0) is 45.1 Å². The Morgan fingerprint density at radius 2 is 0.973 bits per heavy atom. The summed E-state index contributed by atoms with van der Waals surface area (Å²) in [6.45, 7) is 0.307. The number of carboxylic acid groups (broad SMARTS) is 4. The highest BCUT2D eigenvalue weighted by Gasteiger charge is 2.31. The molecule has 4 unspecified atom stereocenters. The number of unbranched alkanes of at least 4 members (excludes halogenated alkanes) is 1. The number of hydrogen-bond acceptors (Lipinski definition) is 9. The minimum Gasteiger partial charge on any atom is -0.481 e. The minimum atomic E-state index is -1.52. The second-order valence-electron chi connectivity index (χ2n) is 8.21. The molecule has 0 rings (SSSR count). The van der Waals surface area contributed by atoms with Gasteiger partial charge in [0, 0.05) is 19.3 Å². The number of carbonyl (C=O) groups excluding carboxylic acids is 3. The Bertz CT molecular complexity index is 836. The monoisotopic (exact) mass is 533 g/mol. The molecule has 0 aromatic carbocycles. The smallest absolute Gasteiger partial charge is 0.326 e. The normalized spacial score (nSPS) is 13.9. The summed E-state index contributed by atoms with van der Waals surface area (Å²) in [5, 5.41) is 42.7. The fourth-order valence-electron chi connectivity index (χ4n) is 3.06. The van der Waals surface area contributed by atoms with Crippen molar-refractivity contribution in [2.24, 2.45) is 11.5 Å². The molecule has 0 aromatic heterocycles. The Hall–Kier alpha value is -3.79. The van der Waals surface area contributed by atoms with Crippen LogP contribution in [0.3, 0.4) is 0 Å². The molecule has 0 heterocycles. The van der Waals surface area contributed by atoms with Crippen LogP contribution in [-0.2, 0) is 33.6 Å². The summed E-state index contributed by atoms with van der Waals surface area (Å²) < 4.78 is 0. The van der Waals surface area contributed by atoms with Crippen molar-refractivity contribution in [3.8, 4) is 0 Å². The SMILES string of the molecule is NCCCCC(NC(=O)C(CCC(=O)O)NC(=O)C(CCC(=O)O)NC(=O)C(N)CCC(=O)O)C(=O)O. The Labute approximate surface area is 212 Å². The van der Waals surface area contributed by atoms with E-state index >= 15 is 0 Å². The number of carboxylic acids is 4. The van der Waals surface area contributed by atoms with E-state index in [2.05, 4.69) is 16.0 Å². The third-order valence-corrected chi connectivity index (χ3v) is 5.13. The van der Waals surface area contributed by atoms with E-state index in [1.807, 2.05) is 0 Å². The largest absolute Gasteiger partial charge is 0.481 e. The Morgan fingerprint density at radius 3 is 1.38 bits per heavy atom. The topological polar surface area (TPSA) is 289 Å². The molecule has 0 fully saturated rings. The molecule has 11 N–H and O–H groups in total. The molecule has 16 heteroatoms. The summed E-state index contributed by atoms with van der Waals surface area (Å²) in [6, 6.07) is -5.70. The highest BCUT2D eigenvalue weighted by atomic mass is 16.4. The first-order chi connectivity index (χ1) is 17.3. The van der Waals surface area contributed by atoms with Crippen LogP contribution in [0.15, 0.2) is 0 Å². The Morgan fingerprint density at radius 1 is 0.568 bits per heavy atom. The molecule has 4 atom stereocenters. The average Bonchev–Trinajstić information content (AvgIpc) is 2.81. The van der Waals surface area contributed by atoms with Crippen molar-refractivity contribution < 1.29 is 54.0 Å². The van der Waals surface area contributed by atoms with Gasteiger partial charge in [0.05, 0.1) is 6.04 Å². The maximum atomic E-state index is 12.9. The minimum absolute atomic E-state index is 0.0311. The maximum absolute atomic E-state index is 12.9. The molecule has 0 aliphatic heterocycles. The third-order valence-electron chi connectivity index (χ3n) is 5.13. The number of nitrogens with one attached hydrogen (secondary N) is 3. The number of aliphatic carboxylic acids is 4. The van der Waals surface area contributed by atoms with Gasteiger partial charge in [0.1, 0.15) is 18.1 Å². The maximum Gasteiger partial charge on any atom is 0.326 e. The molecule has 0 radical (unpaired) electrons. The van der Waals surface area contributed by atoms with Crippen molar-refractivity contribution in [1.82, 2.24) is 16.0 Å². The molecule has 0 bridgehead atoms. The molecular formula is C21H35N5O11. The van der Waals surface area contributed by atoms with Gasteiger partial charge in [0.25, 0.3) is 0 Å². The quantitative estimate of drug-likeness (QED) is 0.0737. The summed E-state index contributed by atoms with van der Waals surface area (Å²) in [7, 11) is 0. The van der Waals surface area contributed by atoms with E-state index in [0.717, 1.165) is 0 Å². The lowest BCUT2D eigenvalue weighted by Gasteiger charge is -2.25. The first kappa shape index (κ1) is 33.2. The van der Waals surface area contributed by atoms with Crippen LogP contribution in [0, 0.1) is 0 Å². The summed E-state index contributed by atoms with van der Waals surface area (Å²) in [5.74, 6) is -8.14. The highest BCUT2D eigenvalue weighted by Crippen LogP contribution is 2.07. The van der Waals surface area contributed by atoms with Crippen LogP contribution in [0.25, 0.3) is 0 Å². The average molecular weight is 534 g/mol. The summed E-state index contributed by atoms with van der Waals surface area (Å²) in [5.41, 5.74) is 11.0. The van der Waals surface area contributed by atoms with E-state index in [1.54, 1.807) is 0 Å². The lowest BCUT2D eigenvalue weighted by molar-refractivity contribution is -0.143. The zero-order valence-corrected chi connectivity index (χ0v) is 20.2. The Kier molecular flexibility index (Phi) is 15.8. The van der Waals surface area contributed by atoms with Crippen molar-refractivity contribution in [3.63, 3.8) is 0 Å². The van der Waals surface area contributed by atoms with E-state index in [4.69, 9.17) is 26.8 Å². The van der Waals surface area contributed by atoms with Crippen molar-refractivity contribution in [1.29, 1.82) is 0 Å². The van der Waals surface area contributed by atoms with Gasteiger partial charge in [0.2, 0.25) is 17.7 Å². The van der Waals surface area contributed by atoms with Gasteiger partial charge in [-0.25, -0.2) is 4.79 Å². The summed E-state index contributed by atoms with van der Waals surface area (Å²) >= 11 is 0. The predicted octanol–water partition coefficient (Wildman–Crippen LogP) is -2.42. The van der Waals surface area contributed by atoms with Gasteiger partial charge in [0.15, 0.2) is 0 Å². The summed E-state index contributed by atoms with van der Waals surface area (Å²) in [4.78, 5) is 82.1. The molecule has 37 heavy (non-hydrogen) atoms. The molecule has 16 nitrogen and oxygen atoms in total. The molecule has 0 aliphatic carbocycles. The first-order valence-corrected chi connectivity index (χ1v) is 11.5. The van der Waals surface area contributed by atoms with Crippen LogP contribution in [0.1, 0.15) is 57.8 Å². The zero-order valence-electron chi connectivity index (χ0n) is 20.2. The Balaban J connectivity index is 5.59. The molecule has 0 saturated heterocycles. The van der Waals surface area contributed by atoms with Crippen molar-refractivity contribution in [2.45, 2.75) is 82.0 Å². The number of rotatable bonds is 20. The van der Waals surface area contributed by atoms with Gasteiger partial charge in [-0.2, -0.15) is 0 Å². The number of carbonyl (C=O) groups is 7. The van der Waals surface area contributed by atoms with Crippen molar-refractivity contribution >= 4 is 41.6 Å². The van der Waals surface area contributed by atoms with Crippen LogP contribution < -0.4 is 27.4 Å².